The Bertz CT molecular complexity index is 542. The third-order valence-electron chi connectivity index (χ3n) is 6.23. The smallest absolute Gasteiger partial charge is 0.227 e. The minimum atomic E-state index is 0.120. The van der Waals surface area contributed by atoms with Gasteiger partial charge in [-0.1, -0.05) is 30.3 Å². The molecule has 1 heterocycles. The van der Waals surface area contributed by atoms with Gasteiger partial charge in [0, 0.05) is 19.1 Å². The number of likely N-dealkylation sites (tertiary alicyclic amines) is 1. The zero-order valence-corrected chi connectivity index (χ0v) is 13.2. The lowest BCUT2D eigenvalue weighted by Crippen LogP contribution is -2.46. The number of nitrogens with zero attached hydrogens (tertiary/aromatic N) is 1. The summed E-state index contributed by atoms with van der Waals surface area (Å²) in [7, 11) is 0. The summed E-state index contributed by atoms with van der Waals surface area (Å²) in [6, 6.07) is 10.8. The molecule has 0 radical (unpaired) electrons. The largest absolute Gasteiger partial charge is 0.342 e. The number of amides is 1. The molecule has 1 aliphatic heterocycles. The van der Waals surface area contributed by atoms with Crippen molar-refractivity contribution in [2.24, 2.45) is 29.4 Å². The maximum absolute atomic E-state index is 12.9. The third-order valence-corrected chi connectivity index (χ3v) is 6.23. The van der Waals surface area contributed by atoms with Crippen LogP contribution in [0.4, 0.5) is 0 Å². The molecule has 2 aliphatic carbocycles. The Morgan fingerprint density at radius 3 is 2.64 bits per heavy atom. The standard InChI is InChI=1S/C19H26N2O/c20-18-16-7-6-15(11-16)17(18)19(22)21-9-8-14(12-21)10-13-4-2-1-3-5-13/h1-5,14-18H,6-12,20H2. The lowest BCUT2D eigenvalue weighted by molar-refractivity contribution is -0.136. The van der Waals surface area contributed by atoms with E-state index in [1.807, 2.05) is 0 Å². The molecule has 5 unspecified atom stereocenters. The van der Waals surface area contributed by atoms with Crippen LogP contribution >= 0.6 is 0 Å². The van der Waals surface area contributed by atoms with E-state index in [0.717, 1.165) is 25.9 Å². The fourth-order valence-electron chi connectivity index (χ4n) is 5.06. The van der Waals surface area contributed by atoms with Crippen LogP contribution in [0.15, 0.2) is 30.3 Å². The summed E-state index contributed by atoms with van der Waals surface area (Å²) >= 11 is 0. The second-order valence-electron chi connectivity index (χ2n) is 7.57. The molecule has 2 saturated carbocycles. The Morgan fingerprint density at radius 2 is 1.91 bits per heavy atom. The minimum absolute atomic E-state index is 0.120. The highest BCUT2D eigenvalue weighted by Crippen LogP contribution is 2.48. The summed E-state index contributed by atoms with van der Waals surface area (Å²) in [5, 5.41) is 0. The van der Waals surface area contributed by atoms with Crippen LogP contribution < -0.4 is 5.73 Å². The number of hydrogen-bond acceptors (Lipinski definition) is 2. The van der Waals surface area contributed by atoms with Crippen LogP contribution in [0.2, 0.25) is 0 Å². The molecule has 3 aliphatic rings. The van der Waals surface area contributed by atoms with Gasteiger partial charge in [-0.25, -0.2) is 0 Å². The normalized spacial score (nSPS) is 37.0. The van der Waals surface area contributed by atoms with Crippen molar-refractivity contribution < 1.29 is 4.79 Å². The first-order valence-corrected chi connectivity index (χ1v) is 8.80. The predicted molar refractivity (Wildman–Crippen MR) is 87.1 cm³/mol. The Balaban J connectivity index is 1.37. The van der Waals surface area contributed by atoms with Crippen molar-refractivity contribution in [3.8, 4) is 0 Å². The highest BCUT2D eigenvalue weighted by atomic mass is 16.2. The van der Waals surface area contributed by atoms with Gasteiger partial charge in [-0.2, -0.15) is 0 Å². The first-order chi connectivity index (χ1) is 10.7. The first-order valence-electron chi connectivity index (χ1n) is 8.80. The summed E-state index contributed by atoms with van der Waals surface area (Å²) in [6.07, 6.45) is 5.88. The van der Waals surface area contributed by atoms with E-state index in [0.29, 0.717) is 23.7 Å². The molecule has 1 saturated heterocycles. The van der Waals surface area contributed by atoms with Crippen LogP contribution in [0.3, 0.4) is 0 Å². The highest BCUT2D eigenvalue weighted by Gasteiger charge is 2.50. The Hall–Kier alpha value is -1.35. The number of hydrogen-bond donors (Lipinski definition) is 1. The fourth-order valence-corrected chi connectivity index (χ4v) is 5.06. The van der Waals surface area contributed by atoms with Gasteiger partial charge in [-0.15, -0.1) is 0 Å². The lowest BCUT2D eigenvalue weighted by Gasteiger charge is -2.30. The summed E-state index contributed by atoms with van der Waals surface area (Å²) in [4.78, 5) is 15.0. The number of fused-ring (bicyclic) bond motifs is 2. The number of rotatable bonds is 3. The van der Waals surface area contributed by atoms with E-state index < -0.39 is 0 Å². The van der Waals surface area contributed by atoms with Crippen molar-refractivity contribution >= 4 is 5.91 Å². The lowest BCUT2D eigenvalue weighted by atomic mass is 9.84. The minimum Gasteiger partial charge on any atom is -0.342 e. The Morgan fingerprint density at radius 1 is 1.14 bits per heavy atom. The zero-order chi connectivity index (χ0) is 15.1. The highest BCUT2D eigenvalue weighted by molar-refractivity contribution is 5.81. The second kappa shape index (κ2) is 5.69. The van der Waals surface area contributed by atoms with E-state index in [1.54, 1.807) is 0 Å². The molecule has 22 heavy (non-hydrogen) atoms. The summed E-state index contributed by atoms with van der Waals surface area (Å²) in [6.45, 7) is 1.85. The number of benzene rings is 1. The topological polar surface area (TPSA) is 46.3 Å². The van der Waals surface area contributed by atoms with Crippen LogP contribution in [-0.4, -0.2) is 29.9 Å². The van der Waals surface area contributed by atoms with Crippen LogP contribution in [0.1, 0.15) is 31.2 Å². The molecule has 3 fully saturated rings. The van der Waals surface area contributed by atoms with Gasteiger partial charge in [0.15, 0.2) is 0 Å². The molecule has 2 N–H and O–H groups in total. The summed E-state index contributed by atoms with van der Waals surface area (Å²) in [5.74, 6) is 2.27. The van der Waals surface area contributed by atoms with E-state index in [-0.39, 0.29) is 12.0 Å². The third kappa shape index (κ3) is 2.45. The number of carbonyl (C=O) groups excluding carboxylic acids is 1. The Kier molecular flexibility index (Phi) is 3.69. The van der Waals surface area contributed by atoms with Crippen molar-refractivity contribution in [3.05, 3.63) is 35.9 Å². The van der Waals surface area contributed by atoms with Gasteiger partial charge in [0.25, 0.3) is 0 Å². The molecule has 2 bridgehead atoms. The van der Waals surface area contributed by atoms with E-state index >= 15 is 0 Å². The number of nitrogens with two attached hydrogens (primary N) is 1. The van der Waals surface area contributed by atoms with Crippen LogP contribution in [0, 0.1) is 23.7 Å². The molecule has 0 spiro atoms. The van der Waals surface area contributed by atoms with Crippen molar-refractivity contribution in [2.45, 2.75) is 38.1 Å². The van der Waals surface area contributed by atoms with Gasteiger partial charge in [0.05, 0.1) is 5.92 Å². The molecule has 1 amide bonds. The van der Waals surface area contributed by atoms with E-state index in [1.165, 1.54) is 24.8 Å². The average Bonchev–Trinajstić information content (AvgIpc) is 3.23. The molecule has 118 valence electrons. The first kappa shape index (κ1) is 14.3. The van der Waals surface area contributed by atoms with Gasteiger partial charge in [-0.3, -0.25) is 4.79 Å². The van der Waals surface area contributed by atoms with Crippen molar-refractivity contribution in [1.29, 1.82) is 0 Å². The molecule has 4 rings (SSSR count). The average molecular weight is 298 g/mol. The Labute approximate surface area is 132 Å². The van der Waals surface area contributed by atoms with Crippen molar-refractivity contribution in [3.63, 3.8) is 0 Å². The van der Waals surface area contributed by atoms with Crippen LogP contribution in [0.5, 0.6) is 0 Å². The maximum Gasteiger partial charge on any atom is 0.227 e. The van der Waals surface area contributed by atoms with E-state index in [9.17, 15) is 4.79 Å². The van der Waals surface area contributed by atoms with Gasteiger partial charge in [0.2, 0.25) is 5.91 Å². The SMILES string of the molecule is NC1C2CCC(C2)C1C(=O)N1CCC(Cc2ccccc2)C1. The molecular weight excluding hydrogens is 272 g/mol. The summed E-state index contributed by atoms with van der Waals surface area (Å²) < 4.78 is 0. The van der Waals surface area contributed by atoms with Crippen molar-refractivity contribution in [2.75, 3.05) is 13.1 Å². The number of carbonyl (C=O) groups is 1. The molecule has 1 aromatic carbocycles. The monoisotopic (exact) mass is 298 g/mol. The quantitative estimate of drug-likeness (QED) is 0.931. The molecule has 1 aromatic rings. The maximum atomic E-state index is 12.9. The van der Waals surface area contributed by atoms with Crippen LogP contribution in [0.25, 0.3) is 0 Å². The van der Waals surface area contributed by atoms with Gasteiger partial charge in [0.1, 0.15) is 0 Å². The van der Waals surface area contributed by atoms with Gasteiger partial charge >= 0.3 is 0 Å². The fraction of sp³-hybridized carbons (Fsp3) is 0.632. The van der Waals surface area contributed by atoms with Gasteiger partial charge < -0.3 is 10.6 Å². The van der Waals surface area contributed by atoms with Crippen LogP contribution in [-0.2, 0) is 11.2 Å². The zero-order valence-electron chi connectivity index (χ0n) is 13.2. The molecule has 3 nitrogen and oxygen atoms in total. The molecular formula is C19H26N2O. The molecule has 5 atom stereocenters. The van der Waals surface area contributed by atoms with E-state index in [2.05, 4.69) is 35.2 Å². The molecule has 3 heteroatoms. The predicted octanol–water partition coefficient (Wildman–Crippen LogP) is 2.45. The molecule has 0 aromatic heterocycles. The second-order valence-corrected chi connectivity index (χ2v) is 7.57. The van der Waals surface area contributed by atoms with Gasteiger partial charge in [-0.05, 0) is 55.4 Å². The van der Waals surface area contributed by atoms with E-state index in [4.69, 9.17) is 5.73 Å². The summed E-state index contributed by atoms with van der Waals surface area (Å²) in [5.41, 5.74) is 7.73. The van der Waals surface area contributed by atoms with Crippen molar-refractivity contribution in [1.82, 2.24) is 4.90 Å².